The molecule has 3 rings (SSSR count). The van der Waals surface area contributed by atoms with E-state index in [9.17, 15) is 4.79 Å². The summed E-state index contributed by atoms with van der Waals surface area (Å²) in [5.41, 5.74) is 1.56. The molecule has 1 N–H and O–H groups in total. The van der Waals surface area contributed by atoms with E-state index in [1.807, 2.05) is 24.3 Å². The molecular weight excluding hydrogens is 336 g/mol. The molecule has 0 radical (unpaired) electrons. The third-order valence-electron chi connectivity index (χ3n) is 3.68. The van der Waals surface area contributed by atoms with Crippen LogP contribution in [0.4, 0.5) is 0 Å². The second-order valence-corrected chi connectivity index (χ2v) is 6.81. The Morgan fingerprint density at radius 1 is 1.28 bits per heavy atom. The van der Waals surface area contributed by atoms with Crippen LogP contribution in [0.3, 0.4) is 0 Å². The van der Waals surface area contributed by atoms with Crippen LogP contribution in [0.5, 0.6) is 5.75 Å². The van der Waals surface area contributed by atoms with Gasteiger partial charge < -0.3 is 14.5 Å². The summed E-state index contributed by atoms with van der Waals surface area (Å²) in [6.45, 7) is 4.96. The van der Waals surface area contributed by atoms with Crippen molar-refractivity contribution in [3.8, 4) is 5.75 Å². The molecule has 6 heteroatoms. The van der Waals surface area contributed by atoms with E-state index in [2.05, 4.69) is 30.2 Å². The van der Waals surface area contributed by atoms with Crippen LogP contribution in [0.2, 0.25) is 0 Å². The fraction of sp³-hybridized carbons (Fsp3) is 0.263. The van der Waals surface area contributed by atoms with E-state index < -0.39 is 0 Å². The largest absolute Gasteiger partial charge is 0.486 e. The number of aromatic nitrogens is 1. The number of ether oxygens (including phenoxy) is 1. The number of nitrogens with one attached hydrogen (secondary N) is 1. The second kappa shape index (κ2) is 7.98. The fourth-order valence-electron chi connectivity index (χ4n) is 2.38. The Kier molecular flexibility index (Phi) is 5.50. The Morgan fingerprint density at radius 3 is 2.88 bits per heavy atom. The number of nitrogens with zero attached hydrogens (tertiary/aromatic N) is 1. The molecule has 0 aliphatic carbocycles. The van der Waals surface area contributed by atoms with E-state index >= 15 is 0 Å². The number of furan rings is 1. The van der Waals surface area contributed by atoms with E-state index in [-0.39, 0.29) is 5.91 Å². The van der Waals surface area contributed by atoms with Crippen LogP contribution in [-0.2, 0) is 13.2 Å². The van der Waals surface area contributed by atoms with Crippen molar-refractivity contribution < 1.29 is 13.9 Å². The number of rotatable bonds is 7. The molecule has 0 bridgehead atoms. The van der Waals surface area contributed by atoms with Crippen molar-refractivity contribution in [1.82, 2.24) is 10.3 Å². The summed E-state index contributed by atoms with van der Waals surface area (Å²) in [6, 6.07) is 11.6. The van der Waals surface area contributed by atoms with Gasteiger partial charge in [0.1, 0.15) is 28.8 Å². The average Bonchev–Trinajstić information content (AvgIpc) is 3.30. The molecule has 0 saturated heterocycles. The van der Waals surface area contributed by atoms with Crippen molar-refractivity contribution in [3.05, 3.63) is 70.1 Å². The van der Waals surface area contributed by atoms with Gasteiger partial charge in [-0.2, -0.15) is 0 Å². The molecule has 1 aromatic carbocycles. The number of amides is 1. The van der Waals surface area contributed by atoms with E-state index in [1.54, 1.807) is 17.7 Å². The number of hydrogen-bond donors (Lipinski definition) is 1. The number of thiazole rings is 1. The lowest BCUT2D eigenvalue weighted by Gasteiger charge is -2.12. The molecule has 130 valence electrons. The fourth-order valence-corrected chi connectivity index (χ4v) is 3.07. The second-order valence-electron chi connectivity index (χ2n) is 5.87. The Hall–Kier alpha value is -2.60. The van der Waals surface area contributed by atoms with Crippen LogP contribution in [-0.4, -0.2) is 10.9 Å². The molecule has 0 saturated carbocycles. The van der Waals surface area contributed by atoms with Gasteiger partial charge in [-0.05, 0) is 29.7 Å². The maximum Gasteiger partial charge on any atom is 0.271 e. The summed E-state index contributed by atoms with van der Waals surface area (Å²) in [6.07, 6.45) is 1.58. The van der Waals surface area contributed by atoms with E-state index in [1.165, 1.54) is 11.3 Å². The molecule has 5 nitrogen and oxygen atoms in total. The van der Waals surface area contributed by atoms with Gasteiger partial charge in [-0.15, -0.1) is 11.3 Å². The predicted molar refractivity (Wildman–Crippen MR) is 96.9 cm³/mol. The number of hydrogen-bond acceptors (Lipinski definition) is 5. The summed E-state index contributed by atoms with van der Waals surface area (Å²) < 4.78 is 11.1. The first-order valence-electron chi connectivity index (χ1n) is 8.10. The van der Waals surface area contributed by atoms with Gasteiger partial charge in [-0.3, -0.25) is 4.79 Å². The molecule has 0 atom stereocenters. The van der Waals surface area contributed by atoms with Gasteiger partial charge in [-0.25, -0.2) is 4.98 Å². The Bertz CT molecular complexity index is 825. The minimum Gasteiger partial charge on any atom is -0.486 e. The first-order chi connectivity index (χ1) is 12.1. The van der Waals surface area contributed by atoms with Crippen LogP contribution in [0.15, 0.2) is 52.5 Å². The van der Waals surface area contributed by atoms with E-state index in [4.69, 9.17) is 9.15 Å². The molecule has 1 amide bonds. The first-order valence-corrected chi connectivity index (χ1v) is 8.98. The quantitative estimate of drug-likeness (QED) is 0.683. The summed E-state index contributed by atoms with van der Waals surface area (Å²) in [4.78, 5) is 16.5. The van der Waals surface area contributed by atoms with Crippen LogP contribution >= 0.6 is 11.3 Å². The van der Waals surface area contributed by atoms with Gasteiger partial charge in [0, 0.05) is 5.38 Å². The van der Waals surface area contributed by atoms with Crippen molar-refractivity contribution in [2.24, 2.45) is 0 Å². The molecule has 0 spiro atoms. The number of para-hydroxylation sites is 1. The Balaban J connectivity index is 1.57. The Morgan fingerprint density at radius 2 is 2.12 bits per heavy atom. The van der Waals surface area contributed by atoms with Gasteiger partial charge in [-0.1, -0.05) is 32.0 Å². The first kappa shape index (κ1) is 17.2. The number of benzene rings is 1. The molecule has 3 aromatic rings. The molecule has 0 unspecified atom stereocenters. The van der Waals surface area contributed by atoms with Crippen LogP contribution in [0.25, 0.3) is 0 Å². The average molecular weight is 356 g/mol. The molecule has 2 heterocycles. The summed E-state index contributed by atoms with van der Waals surface area (Å²) in [5.74, 6) is 1.73. The molecular formula is C19H20N2O3S. The number of carbonyl (C=O) groups is 1. The highest BCUT2D eigenvalue weighted by molar-refractivity contribution is 7.09. The van der Waals surface area contributed by atoms with E-state index in [0.29, 0.717) is 30.5 Å². The minimum absolute atomic E-state index is 0.221. The summed E-state index contributed by atoms with van der Waals surface area (Å²) >= 11 is 1.41. The molecule has 0 fully saturated rings. The zero-order valence-corrected chi connectivity index (χ0v) is 15.0. The lowest BCUT2D eigenvalue weighted by molar-refractivity contribution is 0.0943. The molecule has 25 heavy (non-hydrogen) atoms. The van der Waals surface area contributed by atoms with E-state index in [0.717, 1.165) is 16.3 Å². The van der Waals surface area contributed by atoms with Crippen LogP contribution in [0.1, 0.15) is 46.6 Å². The van der Waals surface area contributed by atoms with Gasteiger partial charge >= 0.3 is 0 Å². The lowest BCUT2D eigenvalue weighted by atomic mass is 10.0. The summed E-state index contributed by atoms with van der Waals surface area (Å²) in [5, 5.41) is 5.29. The molecule has 0 aliphatic rings. The molecule has 0 aliphatic heterocycles. The maximum atomic E-state index is 12.1. The highest BCUT2D eigenvalue weighted by atomic mass is 32.1. The zero-order chi connectivity index (χ0) is 17.6. The lowest BCUT2D eigenvalue weighted by Crippen LogP contribution is -2.22. The standard InChI is InChI=1S/C19H20N2O3S/c1-13(2)15-7-3-4-8-17(15)24-11-18-21-16(12-25-18)19(22)20-10-14-6-5-9-23-14/h3-9,12-13H,10-11H2,1-2H3,(H,20,22). The normalized spacial score (nSPS) is 10.8. The highest BCUT2D eigenvalue weighted by Gasteiger charge is 2.12. The topological polar surface area (TPSA) is 64.4 Å². The maximum absolute atomic E-state index is 12.1. The Labute approximate surface area is 150 Å². The van der Waals surface area contributed by atoms with Gasteiger partial charge in [0.15, 0.2) is 0 Å². The highest BCUT2D eigenvalue weighted by Crippen LogP contribution is 2.26. The van der Waals surface area contributed by atoms with Crippen molar-refractivity contribution in [1.29, 1.82) is 0 Å². The summed E-state index contributed by atoms with van der Waals surface area (Å²) in [7, 11) is 0. The smallest absolute Gasteiger partial charge is 0.271 e. The van der Waals surface area contributed by atoms with Crippen LogP contribution in [0, 0.1) is 0 Å². The van der Waals surface area contributed by atoms with Crippen LogP contribution < -0.4 is 10.1 Å². The van der Waals surface area contributed by atoms with Crippen molar-refractivity contribution in [3.63, 3.8) is 0 Å². The third-order valence-corrected chi connectivity index (χ3v) is 4.50. The van der Waals surface area contributed by atoms with Crippen molar-refractivity contribution in [2.45, 2.75) is 32.9 Å². The van der Waals surface area contributed by atoms with Crippen molar-refractivity contribution >= 4 is 17.2 Å². The van der Waals surface area contributed by atoms with Gasteiger partial charge in [0.25, 0.3) is 5.91 Å². The monoisotopic (exact) mass is 356 g/mol. The van der Waals surface area contributed by atoms with Gasteiger partial charge in [0.05, 0.1) is 12.8 Å². The zero-order valence-electron chi connectivity index (χ0n) is 14.2. The number of carbonyl (C=O) groups excluding carboxylic acids is 1. The minimum atomic E-state index is -0.221. The third kappa shape index (κ3) is 4.48. The SMILES string of the molecule is CC(C)c1ccccc1OCc1nc(C(=O)NCc2ccco2)cs1. The molecule has 2 aromatic heterocycles. The predicted octanol–water partition coefficient (Wildman–Crippen LogP) is 4.37. The van der Waals surface area contributed by atoms with Crippen molar-refractivity contribution in [2.75, 3.05) is 0 Å². The van der Waals surface area contributed by atoms with Gasteiger partial charge in [0.2, 0.25) is 0 Å².